The van der Waals surface area contributed by atoms with Crippen molar-refractivity contribution in [3.05, 3.63) is 48.3 Å². The quantitative estimate of drug-likeness (QED) is 0.769. The second kappa shape index (κ2) is 6.94. The largest absolute Gasteiger partial charge is 0.492 e. The molecule has 0 bridgehead atoms. The van der Waals surface area contributed by atoms with E-state index in [0.717, 1.165) is 17.9 Å². The van der Waals surface area contributed by atoms with Gasteiger partial charge in [-0.25, -0.2) is 8.42 Å². The fourth-order valence-corrected chi connectivity index (χ4v) is 5.03. The van der Waals surface area contributed by atoms with Crippen LogP contribution < -0.4 is 10.1 Å². The van der Waals surface area contributed by atoms with Crippen LogP contribution in [0.25, 0.3) is 0 Å². The van der Waals surface area contributed by atoms with Crippen LogP contribution in [0.2, 0.25) is 0 Å². The van der Waals surface area contributed by atoms with E-state index in [-0.39, 0.29) is 11.5 Å². The van der Waals surface area contributed by atoms with Gasteiger partial charge in [-0.2, -0.15) is 5.10 Å². The number of hydrogen-bond acceptors (Lipinski definition) is 5. The molecular formula is C17H23N3O3S. The summed E-state index contributed by atoms with van der Waals surface area (Å²) in [7, 11) is -2.94. The van der Waals surface area contributed by atoms with Crippen LogP contribution in [-0.2, 0) is 21.9 Å². The Hall–Kier alpha value is -1.86. The first-order valence-electron chi connectivity index (χ1n) is 8.10. The molecule has 3 rings (SSSR count). The second-order valence-electron chi connectivity index (χ2n) is 6.47. The van der Waals surface area contributed by atoms with Crippen molar-refractivity contribution in [2.24, 2.45) is 0 Å². The fourth-order valence-electron chi connectivity index (χ4n) is 2.91. The van der Waals surface area contributed by atoms with Gasteiger partial charge in [-0.1, -0.05) is 18.2 Å². The molecule has 1 aromatic heterocycles. The Labute approximate surface area is 142 Å². The number of nitrogens with one attached hydrogen (secondary N) is 1. The Kier molecular flexibility index (Phi) is 4.91. The minimum absolute atomic E-state index is 0.166. The number of benzene rings is 1. The van der Waals surface area contributed by atoms with Crippen molar-refractivity contribution in [1.29, 1.82) is 0 Å². The minimum Gasteiger partial charge on any atom is -0.492 e. The average molecular weight is 349 g/mol. The summed E-state index contributed by atoms with van der Waals surface area (Å²) in [5, 5.41) is 7.67. The molecule has 24 heavy (non-hydrogen) atoms. The molecule has 2 aromatic rings. The highest BCUT2D eigenvalue weighted by Gasteiger charge is 2.40. The summed E-state index contributed by atoms with van der Waals surface area (Å²) in [6, 6.07) is 9.71. The third-order valence-electron chi connectivity index (χ3n) is 4.29. The van der Waals surface area contributed by atoms with Crippen LogP contribution in [0.15, 0.2) is 42.7 Å². The minimum atomic E-state index is -2.94. The predicted molar refractivity (Wildman–Crippen MR) is 92.8 cm³/mol. The molecule has 0 saturated carbocycles. The molecule has 1 aromatic carbocycles. The lowest BCUT2D eigenvalue weighted by Gasteiger charge is -2.22. The lowest BCUT2D eigenvalue weighted by Crippen LogP contribution is -2.31. The molecule has 1 atom stereocenters. The van der Waals surface area contributed by atoms with Crippen LogP contribution in [0.5, 0.6) is 5.75 Å². The summed E-state index contributed by atoms with van der Waals surface area (Å²) >= 11 is 0. The molecule has 1 aliphatic rings. The van der Waals surface area contributed by atoms with Gasteiger partial charge in [0.1, 0.15) is 12.4 Å². The monoisotopic (exact) mass is 349 g/mol. The van der Waals surface area contributed by atoms with E-state index in [2.05, 4.69) is 10.4 Å². The van der Waals surface area contributed by atoms with Crippen molar-refractivity contribution in [2.75, 3.05) is 24.7 Å². The van der Waals surface area contributed by atoms with Gasteiger partial charge in [0.05, 0.1) is 23.2 Å². The summed E-state index contributed by atoms with van der Waals surface area (Å²) in [6.45, 7) is 3.95. The van der Waals surface area contributed by atoms with Crippen LogP contribution >= 0.6 is 0 Å². The van der Waals surface area contributed by atoms with Crippen LogP contribution in [0.1, 0.15) is 18.9 Å². The molecule has 1 saturated heterocycles. The number of ether oxygens (including phenoxy) is 1. The van der Waals surface area contributed by atoms with Gasteiger partial charge < -0.3 is 10.1 Å². The topological polar surface area (TPSA) is 73.2 Å². The maximum atomic E-state index is 11.7. The van der Waals surface area contributed by atoms with Gasteiger partial charge >= 0.3 is 0 Å². The molecule has 1 aliphatic heterocycles. The van der Waals surface area contributed by atoms with Crippen molar-refractivity contribution in [1.82, 2.24) is 15.1 Å². The lowest BCUT2D eigenvalue weighted by atomic mass is 10.0. The van der Waals surface area contributed by atoms with E-state index < -0.39 is 15.4 Å². The second-order valence-corrected chi connectivity index (χ2v) is 8.65. The van der Waals surface area contributed by atoms with Gasteiger partial charge in [-0.15, -0.1) is 0 Å². The van der Waals surface area contributed by atoms with Crippen LogP contribution in [-0.4, -0.2) is 42.9 Å². The van der Waals surface area contributed by atoms with Crippen LogP contribution in [0.3, 0.4) is 0 Å². The molecule has 0 unspecified atom stereocenters. The van der Waals surface area contributed by atoms with Crippen molar-refractivity contribution >= 4 is 9.84 Å². The van der Waals surface area contributed by atoms with E-state index in [0.29, 0.717) is 19.6 Å². The molecule has 2 heterocycles. The van der Waals surface area contributed by atoms with Gasteiger partial charge in [0.2, 0.25) is 0 Å². The molecule has 0 aliphatic carbocycles. The first kappa shape index (κ1) is 17.0. The number of rotatable bonds is 7. The molecule has 130 valence electrons. The average Bonchev–Trinajstić information content (AvgIpc) is 3.13. The van der Waals surface area contributed by atoms with Gasteiger partial charge in [0.15, 0.2) is 9.84 Å². The molecule has 1 fully saturated rings. The number of sulfone groups is 1. The van der Waals surface area contributed by atoms with Crippen molar-refractivity contribution in [3.63, 3.8) is 0 Å². The summed E-state index contributed by atoms with van der Waals surface area (Å²) in [4.78, 5) is 0. The number of nitrogens with zero attached hydrogens (tertiary/aromatic N) is 2. The van der Waals surface area contributed by atoms with E-state index in [1.54, 1.807) is 10.9 Å². The zero-order valence-electron chi connectivity index (χ0n) is 13.8. The molecular weight excluding hydrogens is 326 g/mol. The molecule has 7 heteroatoms. The van der Waals surface area contributed by atoms with Crippen molar-refractivity contribution in [3.8, 4) is 5.75 Å². The van der Waals surface area contributed by atoms with E-state index in [4.69, 9.17) is 4.74 Å². The fraction of sp³-hybridized carbons (Fsp3) is 0.471. The van der Waals surface area contributed by atoms with E-state index in [9.17, 15) is 8.42 Å². The van der Waals surface area contributed by atoms with Gasteiger partial charge in [0.25, 0.3) is 0 Å². The first-order valence-corrected chi connectivity index (χ1v) is 9.92. The van der Waals surface area contributed by atoms with Gasteiger partial charge in [0, 0.05) is 24.8 Å². The number of aromatic nitrogens is 2. The molecule has 0 radical (unpaired) electrons. The third kappa shape index (κ3) is 4.15. The van der Waals surface area contributed by atoms with Crippen molar-refractivity contribution in [2.45, 2.75) is 25.4 Å². The maximum absolute atomic E-state index is 11.7. The zero-order chi connectivity index (χ0) is 17.0. The molecule has 6 nitrogen and oxygen atoms in total. The Balaban J connectivity index is 1.45. The van der Waals surface area contributed by atoms with Gasteiger partial charge in [-0.05, 0) is 25.5 Å². The van der Waals surface area contributed by atoms with Gasteiger partial charge in [-0.3, -0.25) is 4.68 Å². The zero-order valence-corrected chi connectivity index (χ0v) is 14.6. The Bertz CT molecular complexity index is 773. The standard InChI is InChI=1S/C17H23N3O3S/c1-17(7-10-24(21,22)14-17)20-13-15(12-19-20)11-18-8-9-23-16-5-3-2-4-6-16/h2-6,12-13,18H,7-11,14H2,1H3/t17-/m0/s1. The first-order chi connectivity index (χ1) is 11.5. The predicted octanol–water partition coefficient (Wildman–Crippen LogP) is 1.59. The Morgan fingerprint density at radius 1 is 1.33 bits per heavy atom. The van der Waals surface area contributed by atoms with Crippen LogP contribution in [0, 0.1) is 0 Å². The molecule has 0 amide bonds. The Morgan fingerprint density at radius 3 is 2.83 bits per heavy atom. The Morgan fingerprint density at radius 2 is 2.12 bits per heavy atom. The lowest BCUT2D eigenvalue weighted by molar-refractivity contribution is 0.313. The summed E-state index contributed by atoms with van der Waals surface area (Å²) in [6.07, 6.45) is 4.35. The highest BCUT2D eigenvalue weighted by Crippen LogP contribution is 2.30. The third-order valence-corrected chi connectivity index (χ3v) is 6.18. The molecule has 0 spiro atoms. The summed E-state index contributed by atoms with van der Waals surface area (Å²) in [5.41, 5.74) is 0.619. The number of hydrogen-bond donors (Lipinski definition) is 1. The smallest absolute Gasteiger partial charge is 0.152 e. The highest BCUT2D eigenvalue weighted by atomic mass is 32.2. The summed E-state index contributed by atoms with van der Waals surface area (Å²) in [5.74, 6) is 1.27. The van der Waals surface area contributed by atoms with E-state index in [1.807, 2.05) is 43.5 Å². The van der Waals surface area contributed by atoms with E-state index in [1.165, 1.54) is 0 Å². The normalized spacial score (nSPS) is 22.5. The number of para-hydroxylation sites is 1. The maximum Gasteiger partial charge on any atom is 0.152 e. The summed E-state index contributed by atoms with van der Waals surface area (Å²) < 4.78 is 30.9. The molecule has 1 N–H and O–H groups in total. The van der Waals surface area contributed by atoms with E-state index >= 15 is 0 Å². The van der Waals surface area contributed by atoms with Crippen molar-refractivity contribution < 1.29 is 13.2 Å². The SMILES string of the molecule is C[C@]1(n2cc(CNCCOc3ccccc3)cn2)CCS(=O)(=O)C1. The van der Waals surface area contributed by atoms with Crippen LogP contribution in [0.4, 0.5) is 0 Å². The highest BCUT2D eigenvalue weighted by molar-refractivity contribution is 7.91.